The van der Waals surface area contributed by atoms with Crippen LogP contribution in [-0.4, -0.2) is 37.6 Å². The molecule has 1 aromatic carbocycles. The molecule has 0 unspecified atom stereocenters. The van der Waals surface area contributed by atoms with Gasteiger partial charge >= 0.3 is 0 Å². The molecule has 0 atom stereocenters. The molecule has 138 valence electrons. The fourth-order valence-electron chi connectivity index (χ4n) is 3.87. The highest BCUT2D eigenvalue weighted by molar-refractivity contribution is 7.10. The first kappa shape index (κ1) is 17.4. The molecule has 0 N–H and O–H groups in total. The van der Waals surface area contributed by atoms with Crippen molar-refractivity contribution in [3.05, 3.63) is 51.2 Å². The van der Waals surface area contributed by atoms with Crippen molar-refractivity contribution in [2.24, 2.45) is 0 Å². The van der Waals surface area contributed by atoms with Crippen molar-refractivity contribution in [2.75, 3.05) is 26.8 Å². The Morgan fingerprint density at radius 1 is 1.27 bits per heavy atom. The number of methoxy groups -OCH3 is 1. The average Bonchev–Trinajstić information content (AvgIpc) is 3.12. The lowest BCUT2D eigenvalue weighted by molar-refractivity contribution is -0.0927. The van der Waals surface area contributed by atoms with E-state index in [4.69, 9.17) is 9.47 Å². The van der Waals surface area contributed by atoms with E-state index < -0.39 is 23.1 Å². The molecular formula is C19H19F2NO3S. The van der Waals surface area contributed by atoms with Crippen LogP contribution in [0.5, 0.6) is 5.75 Å². The number of halogens is 2. The molecule has 0 aliphatic carbocycles. The number of carbonyl (C=O) groups excluding carboxylic acids is 1. The lowest BCUT2D eigenvalue weighted by Crippen LogP contribution is -2.48. The maximum absolute atomic E-state index is 14.2. The van der Waals surface area contributed by atoms with Gasteiger partial charge in [-0.05, 0) is 29.9 Å². The first-order valence-corrected chi connectivity index (χ1v) is 9.45. The first-order chi connectivity index (χ1) is 12.5. The van der Waals surface area contributed by atoms with Crippen LogP contribution in [-0.2, 0) is 16.8 Å². The number of rotatable bonds is 2. The number of likely N-dealkylation sites (tertiary alicyclic amines) is 1. The summed E-state index contributed by atoms with van der Waals surface area (Å²) in [5.74, 6) is -2.38. The predicted molar refractivity (Wildman–Crippen MR) is 93.7 cm³/mol. The SMILES string of the molecule is COc1cc(F)c(C(=O)N2CCC3(CC2)OCCc2sccc23)c(F)c1. The molecule has 4 nitrogen and oxygen atoms in total. The zero-order chi connectivity index (χ0) is 18.3. The number of amides is 1. The highest BCUT2D eigenvalue weighted by atomic mass is 32.1. The van der Waals surface area contributed by atoms with Crippen LogP contribution in [0.4, 0.5) is 8.78 Å². The van der Waals surface area contributed by atoms with Crippen molar-refractivity contribution in [2.45, 2.75) is 24.9 Å². The number of benzene rings is 1. The molecule has 4 rings (SSSR count). The minimum Gasteiger partial charge on any atom is -0.497 e. The Balaban J connectivity index is 1.54. The lowest BCUT2D eigenvalue weighted by atomic mass is 9.82. The lowest BCUT2D eigenvalue weighted by Gasteiger charge is -2.44. The summed E-state index contributed by atoms with van der Waals surface area (Å²) in [4.78, 5) is 15.5. The van der Waals surface area contributed by atoms with Gasteiger partial charge in [0.25, 0.3) is 5.91 Å². The third-order valence-corrected chi connectivity index (χ3v) is 6.25. The summed E-state index contributed by atoms with van der Waals surface area (Å²) < 4.78 is 39.4. The van der Waals surface area contributed by atoms with Crippen LogP contribution < -0.4 is 4.74 Å². The Labute approximate surface area is 154 Å². The van der Waals surface area contributed by atoms with E-state index in [2.05, 4.69) is 11.4 Å². The molecule has 0 radical (unpaired) electrons. The van der Waals surface area contributed by atoms with Gasteiger partial charge in [-0.1, -0.05) is 0 Å². The van der Waals surface area contributed by atoms with Crippen molar-refractivity contribution in [3.8, 4) is 5.75 Å². The van der Waals surface area contributed by atoms with Crippen LogP contribution in [0.2, 0.25) is 0 Å². The fraction of sp³-hybridized carbons (Fsp3) is 0.421. The Morgan fingerprint density at radius 3 is 2.62 bits per heavy atom. The number of ether oxygens (including phenoxy) is 2. The summed E-state index contributed by atoms with van der Waals surface area (Å²) in [6.07, 6.45) is 2.17. The molecule has 1 fully saturated rings. The van der Waals surface area contributed by atoms with Crippen molar-refractivity contribution in [1.82, 2.24) is 4.90 Å². The third-order valence-electron chi connectivity index (χ3n) is 5.27. The zero-order valence-corrected chi connectivity index (χ0v) is 15.2. The zero-order valence-electron chi connectivity index (χ0n) is 14.4. The maximum Gasteiger partial charge on any atom is 0.259 e. The standard InChI is InChI=1S/C19H19F2NO3S/c1-24-12-10-14(20)17(15(21)11-12)18(23)22-6-4-19(5-7-22)13-3-9-26-16(13)2-8-25-19/h3,9-11H,2,4-8H2,1H3. The smallest absolute Gasteiger partial charge is 0.259 e. The van der Waals surface area contributed by atoms with Crippen LogP contribution >= 0.6 is 11.3 Å². The molecule has 2 aliphatic heterocycles. The maximum atomic E-state index is 14.2. The van der Waals surface area contributed by atoms with E-state index in [9.17, 15) is 13.6 Å². The van der Waals surface area contributed by atoms with Crippen LogP contribution in [0.1, 0.15) is 33.6 Å². The largest absolute Gasteiger partial charge is 0.497 e. The first-order valence-electron chi connectivity index (χ1n) is 8.57. The highest BCUT2D eigenvalue weighted by Gasteiger charge is 2.42. The minimum absolute atomic E-state index is 0.0507. The van der Waals surface area contributed by atoms with Gasteiger partial charge in [0.15, 0.2) is 0 Å². The van der Waals surface area contributed by atoms with Gasteiger partial charge in [0.2, 0.25) is 0 Å². The van der Waals surface area contributed by atoms with Crippen molar-refractivity contribution in [3.63, 3.8) is 0 Å². The molecule has 2 aromatic rings. The molecule has 1 spiro atoms. The molecule has 1 saturated heterocycles. The summed E-state index contributed by atoms with van der Waals surface area (Å²) in [5, 5.41) is 2.07. The predicted octanol–water partition coefficient (Wildman–Crippen LogP) is 3.74. The molecular weight excluding hydrogens is 360 g/mol. The van der Waals surface area contributed by atoms with E-state index in [0.717, 1.165) is 18.6 Å². The van der Waals surface area contributed by atoms with E-state index in [1.807, 2.05) is 0 Å². The van der Waals surface area contributed by atoms with Crippen molar-refractivity contribution < 1.29 is 23.0 Å². The molecule has 1 aromatic heterocycles. The van der Waals surface area contributed by atoms with Crippen LogP contribution in [0.15, 0.2) is 23.6 Å². The topological polar surface area (TPSA) is 38.8 Å². The average molecular weight is 379 g/mol. The number of carbonyl (C=O) groups is 1. The Morgan fingerprint density at radius 2 is 1.96 bits per heavy atom. The summed E-state index contributed by atoms with van der Waals surface area (Å²) in [7, 11) is 1.32. The third kappa shape index (κ3) is 2.79. The Hall–Kier alpha value is -1.99. The summed E-state index contributed by atoms with van der Waals surface area (Å²) in [6, 6.07) is 4.16. The Bertz CT molecular complexity index is 820. The van der Waals surface area contributed by atoms with Crippen LogP contribution in [0.25, 0.3) is 0 Å². The van der Waals surface area contributed by atoms with Gasteiger partial charge < -0.3 is 14.4 Å². The fourth-order valence-corrected chi connectivity index (χ4v) is 4.82. The van der Waals surface area contributed by atoms with Crippen LogP contribution in [0, 0.1) is 11.6 Å². The summed E-state index contributed by atoms with van der Waals surface area (Å²) >= 11 is 1.73. The van der Waals surface area contributed by atoms with E-state index in [1.165, 1.54) is 22.5 Å². The van der Waals surface area contributed by atoms with Gasteiger partial charge in [-0.2, -0.15) is 0 Å². The van der Waals surface area contributed by atoms with E-state index in [-0.39, 0.29) is 11.4 Å². The number of thiophene rings is 1. The van der Waals surface area contributed by atoms with E-state index in [1.54, 1.807) is 11.3 Å². The quantitative estimate of drug-likeness (QED) is 0.798. The highest BCUT2D eigenvalue weighted by Crippen LogP contribution is 2.43. The van der Waals surface area contributed by atoms with E-state index >= 15 is 0 Å². The minimum atomic E-state index is -0.902. The molecule has 0 bridgehead atoms. The van der Waals surface area contributed by atoms with Gasteiger partial charge in [-0.3, -0.25) is 4.79 Å². The molecule has 2 aliphatic rings. The van der Waals surface area contributed by atoms with Gasteiger partial charge in [-0.25, -0.2) is 8.78 Å². The van der Waals surface area contributed by atoms with Gasteiger partial charge in [0, 0.05) is 36.5 Å². The number of hydrogen-bond donors (Lipinski definition) is 0. The second-order valence-electron chi connectivity index (χ2n) is 6.61. The molecule has 3 heterocycles. The van der Waals surface area contributed by atoms with Gasteiger partial charge in [0.1, 0.15) is 22.9 Å². The summed E-state index contributed by atoms with van der Waals surface area (Å²) in [6.45, 7) is 1.47. The number of piperidine rings is 1. The normalized spacial score (nSPS) is 18.7. The van der Waals surface area contributed by atoms with Crippen LogP contribution in [0.3, 0.4) is 0 Å². The number of hydrogen-bond acceptors (Lipinski definition) is 4. The Kier molecular flexibility index (Phi) is 4.44. The van der Waals surface area contributed by atoms with Gasteiger partial charge in [-0.15, -0.1) is 11.3 Å². The molecule has 7 heteroatoms. The van der Waals surface area contributed by atoms with E-state index in [0.29, 0.717) is 32.5 Å². The molecule has 0 saturated carbocycles. The molecule has 1 amide bonds. The van der Waals surface area contributed by atoms with Crippen molar-refractivity contribution in [1.29, 1.82) is 0 Å². The summed E-state index contributed by atoms with van der Waals surface area (Å²) in [5.41, 5.74) is 0.312. The second kappa shape index (κ2) is 6.63. The van der Waals surface area contributed by atoms with Crippen molar-refractivity contribution >= 4 is 17.2 Å². The molecule has 26 heavy (non-hydrogen) atoms. The number of fused-ring (bicyclic) bond motifs is 2. The number of nitrogens with zero attached hydrogens (tertiary/aromatic N) is 1. The van der Waals surface area contributed by atoms with Gasteiger partial charge in [0.05, 0.1) is 19.3 Å². The monoisotopic (exact) mass is 379 g/mol. The second-order valence-corrected chi connectivity index (χ2v) is 7.61.